The molecule has 4 nitrogen and oxygen atoms in total. The predicted octanol–water partition coefficient (Wildman–Crippen LogP) is 0.829. The summed E-state index contributed by atoms with van der Waals surface area (Å²) in [6.07, 6.45) is 0. The van der Waals surface area contributed by atoms with Crippen LogP contribution >= 0.6 is 11.3 Å². The number of carbonyl (C=O) groups excluding carboxylic acids is 1. The van der Waals surface area contributed by atoms with Gasteiger partial charge in [0.15, 0.2) is 0 Å². The van der Waals surface area contributed by atoms with E-state index in [0.717, 1.165) is 0 Å². The van der Waals surface area contributed by atoms with E-state index in [1.165, 1.54) is 4.88 Å². The van der Waals surface area contributed by atoms with Crippen molar-refractivity contribution in [3.8, 4) is 0 Å². The van der Waals surface area contributed by atoms with Crippen molar-refractivity contribution in [2.24, 2.45) is 0 Å². The maximum absolute atomic E-state index is 11.2. The molecule has 14 heavy (non-hydrogen) atoms. The number of hydrogen-bond donors (Lipinski definition) is 2. The molecule has 2 heterocycles. The quantitative estimate of drug-likeness (QED) is 0.780. The van der Waals surface area contributed by atoms with Crippen molar-refractivity contribution in [1.29, 1.82) is 0 Å². The zero-order valence-corrected chi connectivity index (χ0v) is 8.64. The second-order valence-corrected chi connectivity index (χ2v) is 4.21. The fourth-order valence-corrected chi connectivity index (χ4v) is 2.13. The summed E-state index contributed by atoms with van der Waals surface area (Å²) in [6.45, 7) is 2.44. The number of amides is 1. The van der Waals surface area contributed by atoms with E-state index in [1.54, 1.807) is 11.3 Å². The summed E-state index contributed by atoms with van der Waals surface area (Å²) in [5, 5.41) is 5.23. The zero-order chi connectivity index (χ0) is 9.97. The van der Waals surface area contributed by atoms with Crippen molar-refractivity contribution in [3.63, 3.8) is 0 Å². The normalized spacial score (nSPS) is 23.5. The lowest BCUT2D eigenvalue weighted by molar-refractivity contribution is -0.125. The molecule has 1 aliphatic heterocycles. The molecule has 5 heteroatoms. The average molecular weight is 212 g/mol. The van der Waals surface area contributed by atoms with Crippen molar-refractivity contribution in [2.45, 2.75) is 19.0 Å². The van der Waals surface area contributed by atoms with Gasteiger partial charge in [0, 0.05) is 10.9 Å². The van der Waals surface area contributed by atoms with Crippen LogP contribution in [0.15, 0.2) is 17.5 Å². The number of thiophene rings is 1. The maximum Gasteiger partial charge on any atom is 0.263 e. The summed E-state index contributed by atoms with van der Waals surface area (Å²) in [7, 11) is 0. The Bertz CT molecular complexity index is 313. The molecular formula is C9H12N2O2S. The van der Waals surface area contributed by atoms with Gasteiger partial charge < -0.3 is 0 Å². The minimum absolute atomic E-state index is 0.0894. The Labute approximate surface area is 86.2 Å². The van der Waals surface area contributed by atoms with E-state index < -0.39 is 0 Å². The highest BCUT2D eigenvalue weighted by atomic mass is 32.1. The van der Waals surface area contributed by atoms with E-state index in [2.05, 4.69) is 16.9 Å². The first-order chi connectivity index (χ1) is 6.77. The van der Waals surface area contributed by atoms with Gasteiger partial charge in [-0.25, -0.2) is 5.48 Å². The van der Waals surface area contributed by atoms with E-state index in [0.29, 0.717) is 6.61 Å². The largest absolute Gasteiger partial charge is 0.296 e. The van der Waals surface area contributed by atoms with Crippen molar-refractivity contribution >= 4 is 17.2 Å². The van der Waals surface area contributed by atoms with Gasteiger partial charge in [-0.1, -0.05) is 6.07 Å². The molecule has 0 aromatic carbocycles. The van der Waals surface area contributed by atoms with Crippen LogP contribution < -0.4 is 10.8 Å². The van der Waals surface area contributed by atoms with Crippen molar-refractivity contribution in [3.05, 3.63) is 22.4 Å². The Hall–Kier alpha value is -0.910. The van der Waals surface area contributed by atoms with Crippen LogP contribution in [0.1, 0.15) is 17.8 Å². The van der Waals surface area contributed by atoms with Crippen LogP contribution in [0.25, 0.3) is 0 Å². The fourth-order valence-electron chi connectivity index (χ4n) is 1.39. The van der Waals surface area contributed by atoms with Gasteiger partial charge in [0.25, 0.3) is 5.91 Å². The zero-order valence-electron chi connectivity index (χ0n) is 7.82. The summed E-state index contributed by atoms with van der Waals surface area (Å²) in [5.41, 5.74) is 2.32. The molecule has 0 aliphatic carbocycles. The lowest BCUT2D eigenvalue weighted by Crippen LogP contribution is -2.39. The first-order valence-electron chi connectivity index (χ1n) is 4.48. The molecule has 1 aromatic heterocycles. The van der Waals surface area contributed by atoms with Gasteiger partial charge in [-0.2, -0.15) is 0 Å². The van der Waals surface area contributed by atoms with Crippen LogP contribution in [-0.2, 0) is 9.63 Å². The van der Waals surface area contributed by atoms with Crippen LogP contribution in [0, 0.1) is 0 Å². The highest BCUT2D eigenvalue weighted by molar-refractivity contribution is 7.10. The summed E-state index contributed by atoms with van der Waals surface area (Å²) >= 11 is 1.68. The topological polar surface area (TPSA) is 50.4 Å². The fraction of sp³-hybridized carbons (Fsp3) is 0.444. The van der Waals surface area contributed by atoms with Crippen LogP contribution in [-0.4, -0.2) is 18.6 Å². The van der Waals surface area contributed by atoms with Crippen molar-refractivity contribution < 1.29 is 9.63 Å². The molecule has 1 amide bonds. The Morgan fingerprint density at radius 3 is 3.21 bits per heavy atom. The second-order valence-electron chi connectivity index (χ2n) is 3.23. The third-order valence-electron chi connectivity index (χ3n) is 2.16. The van der Waals surface area contributed by atoms with E-state index in [4.69, 9.17) is 4.84 Å². The molecule has 1 aromatic rings. The van der Waals surface area contributed by atoms with E-state index in [-0.39, 0.29) is 18.0 Å². The van der Waals surface area contributed by atoms with Gasteiger partial charge in [0.2, 0.25) is 0 Å². The van der Waals surface area contributed by atoms with Gasteiger partial charge in [-0.15, -0.1) is 11.3 Å². The second kappa shape index (κ2) is 4.08. The number of nitrogens with one attached hydrogen (secondary N) is 2. The van der Waals surface area contributed by atoms with Gasteiger partial charge in [0.05, 0.1) is 6.61 Å². The van der Waals surface area contributed by atoms with Gasteiger partial charge >= 0.3 is 0 Å². The Kier molecular flexibility index (Phi) is 2.81. The summed E-state index contributed by atoms with van der Waals surface area (Å²) < 4.78 is 0. The summed E-state index contributed by atoms with van der Waals surface area (Å²) in [5.74, 6) is -0.0894. The number of hydrogen-bond acceptors (Lipinski definition) is 4. The van der Waals surface area contributed by atoms with E-state index >= 15 is 0 Å². The lowest BCUT2D eigenvalue weighted by Gasteiger charge is -2.14. The van der Waals surface area contributed by atoms with Crippen LogP contribution in [0.4, 0.5) is 0 Å². The Balaban J connectivity index is 1.94. The highest BCUT2D eigenvalue weighted by Gasteiger charge is 2.26. The SMILES string of the molecule is CC(NC1CONC1=O)c1cccs1. The van der Waals surface area contributed by atoms with E-state index in [9.17, 15) is 4.79 Å². The molecule has 76 valence electrons. The lowest BCUT2D eigenvalue weighted by atomic mass is 10.2. The molecule has 0 radical (unpaired) electrons. The van der Waals surface area contributed by atoms with Gasteiger partial charge in [-0.3, -0.25) is 14.9 Å². The minimum Gasteiger partial charge on any atom is -0.296 e. The highest BCUT2D eigenvalue weighted by Crippen LogP contribution is 2.18. The molecule has 1 fully saturated rings. The standard InChI is InChI=1S/C9H12N2O2S/c1-6(8-3-2-4-14-8)10-7-5-13-11-9(7)12/h2-4,6-7,10H,5H2,1H3,(H,11,12). The minimum atomic E-state index is -0.230. The predicted molar refractivity (Wildman–Crippen MR) is 53.8 cm³/mol. The molecule has 2 N–H and O–H groups in total. The number of rotatable bonds is 3. The molecule has 2 rings (SSSR count). The van der Waals surface area contributed by atoms with Gasteiger partial charge in [-0.05, 0) is 18.4 Å². The van der Waals surface area contributed by atoms with E-state index in [1.807, 2.05) is 18.4 Å². The molecular weight excluding hydrogens is 200 g/mol. The summed E-state index contributed by atoms with van der Waals surface area (Å²) in [6, 6.07) is 4.01. The third-order valence-corrected chi connectivity index (χ3v) is 3.22. The van der Waals surface area contributed by atoms with Crippen molar-refractivity contribution in [1.82, 2.24) is 10.8 Å². The van der Waals surface area contributed by atoms with Crippen molar-refractivity contribution in [2.75, 3.05) is 6.61 Å². The molecule has 2 atom stereocenters. The molecule has 0 saturated carbocycles. The first-order valence-corrected chi connectivity index (χ1v) is 5.36. The molecule has 0 spiro atoms. The number of carbonyl (C=O) groups is 1. The molecule has 0 bridgehead atoms. The number of hydroxylamine groups is 1. The average Bonchev–Trinajstić information content (AvgIpc) is 2.77. The monoisotopic (exact) mass is 212 g/mol. The molecule has 1 saturated heterocycles. The smallest absolute Gasteiger partial charge is 0.263 e. The van der Waals surface area contributed by atoms with Crippen LogP contribution in [0.2, 0.25) is 0 Å². The Morgan fingerprint density at radius 2 is 2.64 bits per heavy atom. The van der Waals surface area contributed by atoms with Crippen LogP contribution in [0.5, 0.6) is 0 Å². The molecule has 2 unspecified atom stereocenters. The van der Waals surface area contributed by atoms with Crippen LogP contribution in [0.3, 0.4) is 0 Å². The third kappa shape index (κ3) is 1.95. The molecule has 1 aliphatic rings. The first kappa shape index (κ1) is 9.64. The Morgan fingerprint density at radius 1 is 1.79 bits per heavy atom. The van der Waals surface area contributed by atoms with Gasteiger partial charge in [0.1, 0.15) is 6.04 Å². The summed E-state index contributed by atoms with van der Waals surface area (Å²) in [4.78, 5) is 17.2. The maximum atomic E-state index is 11.2.